The molecule has 1 aromatic heterocycles. The highest BCUT2D eigenvalue weighted by molar-refractivity contribution is 7.99. The lowest BCUT2D eigenvalue weighted by atomic mass is 10.0. The fourth-order valence-corrected chi connectivity index (χ4v) is 3.81. The lowest BCUT2D eigenvalue weighted by Crippen LogP contribution is -2.42. The Morgan fingerprint density at radius 1 is 1.17 bits per heavy atom. The zero-order valence-electron chi connectivity index (χ0n) is 13.7. The molecule has 1 fully saturated rings. The van der Waals surface area contributed by atoms with Crippen molar-refractivity contribution in [2.45, 2.75) is 49.1 Å². The number of benzene rings is 1. The van der Waals surface area contributed by atoms with Gasteiger partial charge in [0, 0.05) is 17.5 Å². The Morgan fingerprint density at radius 2 is 2.04 bits per heavy atom. The van der Waals surface area contributed by atoms with Crippen molar-refractivity contribution < 1.29 is 5.11 Å². The lowest BCUT2D eigenvalue weighted by molar-refractivity contribution is 0.239. The summed E-state index contributed by atoms with van der Waals surface area (Å²) in [5.41, 5.74) is 2.59. The number of aromatic nitrogens is 2. The van der Waals surface area contributed by atoms with Crippen molar-refractivity contribution in [3.63, 3.8) is 0 Å². The summed E-state index contributed by atoms with van der Waals surface area (Å²) in [5, 5.41) is 10.5. The molecule has 1 saturated heterocycles. The fourth-order valence-electron chi connectivity index (χ4n) is 2.93. The zero-order valence-corrected chi connectivity index (χ0v) is 14.5. The third-order valence-corrected chi connectivity index (χ3v) is 5.38. The van der Waals surface area contributed by atoms with Crippen molar-refractivity contribution in [2.24, 2.45) is 0 Å². The Morgan fingerprint density at radius 3 is 2.83 bits per heavy atom. The number of rotatable bonds is 4. The predicted octanol–water partition coefficient (Wildman–Crippen LogP) is 3.60. The van der Waals surface area contributed by atoms with Crippen molar-refractivity contribution in [1.29, 1.82) is 0 Å². The van der Waals surface area contributed by atoms with Gasteiger partial charge >= 0.3 is 0 Å². The van der Waals surface area contributed by atoms with Gasteiger partial charge in [-0.15, -0.1) is 0 Å². The molecule has 0 aliphatic carbocycles. The van der Waals surface area contributed by atoms with Gasteiger partial charge in [-0.05, 0) is 56.4 Å². The van der Waals surface area contributed by atoms with Crippen LogP contribution in [0.5, 0.6) is 0 Å². The van der Waals surface area contributed by atoms with Crippen molar-refractivity contribution in [1.82, 2.24) is 9.97 Å². The van der Waals surface area contributed by atoms with Gasteiger partial charge in [0.15, 0.2) is 0 Å². The number of hydrogen-bond acceptors (Lipinski definition) is 5. The summed E-state index contributed by atoms with van der Waals surface area (Å²) < 4.78 is 0. The average Bonchev–Trinajstić information content (AvgIpc) is 2.58. The first-order valence-electron chi connectivity index (χ1n) is 8.12. The maximum Gasteiger partial charge on any atom is 0.133 e. The van der Waals surface area contributed by atoms with Gasteiger partial charge in [0.1, 0.15) is 17.2 Å². The van der Waals surface area contributed by atoms with Crippen LogP contribution in [0, 0.1) is 13.8 Å². The highest BCUT2D eigenvalue weighted by Crippen LogP contribution is 2.30. The van der Waals surface area contributed by atoms with Crippen LogP contribution < -0.4 is 4.90 Å². The number of aliphatic hydroxyl groups is 1. The molecule has 1 aromatic carbocycles. The Balaban J connectivity index is 1.80. The molecule has 23 heavy (non-hydrogen) atoms. The molecule has 0 spiro atoms. The van der Waals surface area contributed by atoms with Gasteiger partial charge in [-0.1, -0.05) is 17.8 Å². The second kappa shape index (κ2) is 7.32. The van der Waals surface area contributed by atoms with Crippen molar-refractivity contribution in [2.75, 3.05) is 18.1 Å². The minimum absolute atomic E-state index is 0.179. The molecule has 4 nitrogen and oxygen atoms in total. The minimum Gasteiger partial charge on any atom is -0.394 e. The zero-order chi connectivity index (χ0) is 16.2. The Hall–Kier alpha value is -1.59. The van der Waals surface area contributed by atoms with Gasteiger partial charge < -0.3 is 10.0 Å². The topological polar surface area (TPSA) is 49.2 Å². The number of aliphatic hydroxyl groups excluding tert-OH is 1. The van der Waals surface area contributed by atoms with Gasteiger partial charge in [0.25, 0.3) is 0 Å². The number of nitrogens with zero attached hydrogens (tertiary/aromatic N) is 3. The van der Waals surface area contributed by atoms with Gasteiger partial charge in [0.05, 0.1) is 12.6 Å². The van der Waals surface area contributed by atoms with Crippen LogP contribution in [0.2, 0.25) is 0 Å². The van der Waals surface area contributed by atoms with Crippen molar-refractivity contribution in [3.8, 4) is 0 Å². The third kappa shape index (κ3) is 3.85. The second-order valence-electron chi connectivity index (χ2n) is 6.09. The van der Waals surface area contributed by atoms with Crippen LogP contribution >= 0.6 is 11.8 Å². The van der Waals surface area contributed by atoms with Crippen molar-refractivity contribution in [3.05, 3.63) is 41.7 Å². The summed E-state index contributed by atoms with van der Waals surface area (Å²) in [6, 6.07) is 8.68. The smallest absolute Gasteiger partial charge is 0.133 e. The molecule has 0 saturated carbocycles. The highest BCUT2D eigenvalue weighted by Gasteiger charge is 2.23. The molecular formula is C18H23N3OS. The SMILES string of the molecule is Cc1ccc(Sc2cc(N3CCCC[C@@H]3CO)ncn2)cc1C. The molecule has 122 valence electrons. The molecule has 1 N–H and O–H groups in total. The number of hydrogen-bond donors (Lipinski definition) is 1. The molecule has 0 unspecified atom stereocenters. The van der Waals surface area contributed by atoms with Crippen LogP contribution in [0.1, 0.15) is 30.4 Å². The minimum atomic E-state index is 0.179. The van der Waals surface area contributed by atoms with E-state index >= 15 is 0 Å². The molecule has 2 heterocycles. The Bertz CT molecular complexity index is 677. The maximum absolute atomic E-state index is 9.59. The van der Waals surface area contributed by atoms with Gasteiger partial charge in [-0.3, -0.25) is 0 Å². The molecule has 0 bridgehead atoms. The molecule has 3 rings (SSSR count). The molecule has 5 heteroatoms. The van der Waals surface area contributed by atoms with Crippen LogP contribution in [-0.4, -0.2) is 34.3 Å². The average molecular weight is 329 g/mol. The standard InChI is InChI=1S/C18H23N3OS/c1-13-6-7-16(9-14(13)2)23-18-10-17(19-12-20-18)21-8-4-3-5-15(21)11-22/h6-7,9-10,12,15,22H,3-5,8,11H2,1-2H3/t15-/m1/s1. The van der Waals surface area contributed by atoms with Crippen molar-refractivity contribution >= 4 is 17.6 Å². The molecular weight excluding hydrogens is 306 g/mol. The Kier molecular flexibility index (Phi) is 5.18. The monoisotopic (exact) mass is 329 g/mol. The number of anilines is 1. The van der Waals surface area contributed by atoms with E-state index in [4.69, 9.17) is 0 Å². The third-order valence-electron chi connectivity index (χ3n) is 4.46. The van der Waals surface area contributed by atoms with E-state index < -0.39 is 0 Å². The van der Waals surface area contributed by atoms with E-state index in [1.165, 1.54) is 22.4 Å². The van der Waals surface area contributed by atoms with Crippen LogP contribution in [0.3, 0.4) is 0 Å². The van der Waals surface area contributed by atoms with E-state index in [1.807, 2.05) is 6.07 Å². The van der Waals surface area contributed by atoms with Crippen LogP contribution in [-0.2, 0) is 0 Å². The summed E-state index contributed by atoms with van der Waals surface area (Å²) in [5.74, 6) is 0.921. The van der Waals surface area contributed by atoms with Crippen LogP contribution in [0.4, 0.5) is 5.82 Å². The summed E-state index contributed by atoms with van der Waals surface area (Å²) in [6.07, 6.45) is 4.99. The largest absolute Gasteiger partial charge is 0.394 e. The van der Waals surface area contributed by atoms with Gasteiger partial charge in [0.2, 0.25) is 0 Å². The summed E-state index contributed by atoms with van der Waals surface area (Å²) >= 11 is 1.66. The van der Waals surface area contributed by atoms with Crippen LogP contribution in [0.15, 0.2) is 40.5 Å². The first-order chi connectivity index (χ1) is 11.2. The Labute approximate surface area is 142 Å². The van der Waals surface area contributed by atoms with E-state index in [-0.39, 0.29) is 12.6 Å². The summed E-state index contributed by atoms with van der Waals surface area (Å²) in [4.78, 5) is 12.2. The predicted molar refractivity (Wildman–Crippen MR) is 94.1 cm³/mol. The molecule has 2 aromatic rings. The molecule has 0 amide bonds. The highest BCUT2D eigenvalue weighted by atomic mass is 32.2. The van der Waals surface area contributed by atoms with E-state index in [2.05, 4.69) is 46.9 Å². The van der Waals surface area contributed by atoms with Crippen LogP contribution in [0.25, 0.3) is 0 Å². The van der Waals surface area contributed by atoms with E-state index in [0.29, 0.717) is 0 Å². The molecule has 1 aliphatic heterocycles. The van der Waals surface area contributed by atoms with Gasteiger partial charge in [-0.2, -0.15) is 0 Å². The normalized spacial score (nSPS) is 18.2. The van der Waals surface area contributed by atoms with E-state index in [1.54, 1.807) is 18.1 Å². The van der Waals surface area contributed by atoms with E-state index in [9.17, 15) is 5.11 Å². The summed E-state index contributed by atoms with van der Waals surface area (Å²) in [6.45, 7) is 5.39. The molecule has 1 atom stereocenters. The quantitative estimate of drug-likeness (QED) is 0.869. The fraction of sp³-hybridized carbons (Fsp3) is 0.444. The summed E-state index contributed by atoms with van der Waals surface area (Å²) in [7, 11) is 0. The number of aryl methyl sites for hydroxylation is 2. The lowest BCUT2D eigenvalue weighted by Gasteiger charge is -2.35. The van der Waals surface area contributed by atoms with E-state index in [0.717, 1.165) is 30.2 Å². The second-order valence-corrected chi connectivity index (χ2v) is 7.18. The first-order valence-corrected chi connectivity index (χ1v) is 8.93. The molecule has 0 radical (unpaired) electrons. The maximum atomic E-state index is 9.59. The first kappa shape index (κ1) is 16.3. The van der Waals surface area contributed by atoms with Gasteiger partial charge in [-0.25, -0.2) is 9.97 Å². The number of piperidine rings is 1. The molecule has 1 aliphatic rings.